The zero-order valence-electron chi connectivity index (χ0n) is 17.6. The predicted molar refractivity (Wildman–Crippen MR) is 111 cm³/mol. The van der Waals surface area contributed by atoms with Crippen molar-refractivity contribution in [3.05, 3.63) is 29.3 Å². The first kappa shape index (κ1) is 23.3. The number of halogens is 4. The van der Waals surface area contributed by atoms with E-state index in [1.807, 2.05) is 0 Å². The van der Waals surface area contributed by atoms with Gasteiger partial charge in [0.05, 0.1) is 18.8 Å². The second-order valence-electron chi connectivity index (χ2n) is 8.82. The van der Waals surface area contributed by atoms with Crippen molar-refractivity contribution in [2.45, 2.75) is 62.3 Å². The molecule has 32 heavy (non-hydrogen) atoms. The van der Waals surface area contributed by atoms with Gasteiger partial charge in [-0.15, -0.1) is 0 Å². The summed E-state index contributed by atoms with van der Waals surface area (Å²) in [7, 11) is -2.67. The molecule has 1 N–H and O–H groups in total. The van der Waals surface area contributed by atoms with Crippen LogP contribution in [0, 0.1) is 11.6 Å². The maximum Gasteiger partial charge on any atom is 0.482 e. The number of amides is 1. The average molecular weight is 479 g/mol. The average Bonchev–Trinajstić information content (AvgIpc) is 3.08. The minimum atomic E-state index is -4.38. The van der Waals surface area contributed by atoms with E-state index in [0.29, 0.717) is 31.7 Å². The summed E-state index contributed by atoms with van der Waals surface area (Å²) >= 11 is 0. The first-order chi connectivity index (χ1) is 14.9. The number of alkyl halides is 2. The highest BCUT2D eigenvalue weighted by Gasteiger charge is 2.52. The van der Waals surface area contributed by atoms with Crippen molar-refractivity contribution in [1.82, 2.24) is 9.62 Å². The van der Waals surface area contributed by atoms with Crippen molar-refractivity contribution < 1.29 is 36.0 Å². The summed E-state index contributed by atoms with van der Waals surface area (Å²) in [6.45, 7) is -0.0781. The number of hydrogen-bond donors (Lipinski definition) is 1. The minimum absolute atomic E-state index is 0.00651. The van der Waals surface area contributed by atoms with Crippen LogP contribution in [0.1, 0.15) is 43.6 Å². The van der Waals surface area contributed by atoms with Crippen LogP contribution in [-0.4, -0.2) is 64.6 Å². The van der Waals surface area contributed by atoms with E-state index in [1.165, 1.54) is 6.26 Å². The van der Waals surface area contributed by atoms with Gasteiger partial charge in [-0.1, -0.05) is 0 Å². The Hall–Kier alpha value is -1.85. The van der Waals surface area contributed by atoms with Gasteiger partial charge in [0.15, 0.2) is 11.6 Å². The Morgan fingerprint density at radius 2 is 1.88 bits per heavy atom. The Labute approximate surface area is 184 Å². The number of nitrogens with zero attached hydrogens (tertiary/aromatic N) is 1. The van der Waals surface area contributed by atoms with E-state index in [1.54, 1.807) is 0 Å². The molecule has 5 rings (SSSR count). The molecule has 4 aliphatic rings. The highest BCUT2D eigenvalue weighted by atomic mass is 32.2. The van der Waals surface area contributed by atoms with Crippen LogP contribution in [0.25, 0.3) is 0 Å². The summed E-state index contributed by atoms with van der Waals surface area (Å²) in [5.41, 5.74) is -0.00651. The van der Waals surface area contributed by atoms with E-state index in [2.05, 4.69) is 10.6 Å². The first-order valence-electron chi connectivity index (χ1n) is 10.5. The van der Waals surface area contributed by atoms with Gasteiger partial charge in [0.25, 0.3) is 0 Å². The topological polar surface area (TPSA) is 67.9 Å². The molecule has 178 valence electrons. The number of benzene rings is 1. The third-order valence-electron chi connectivity index (χ3n) is 6.34. The van der Waals surface area contributed by atoms with Gasteiger partial charge in [-0.3, -0.25) is 9.00 Å². The van der Waals surface area contributed by atoms with E-state index < -0.39 is 57.1 Å². The van der Waals surface area contributed by atoms with Gasteiger partial charge < -0.3 is 14.4 Å². The lowest BCUT2D eigenvalue weighted by atomic mass is 9.82. The standard InChI is InChI=1S/C21H26F4N2O4S/c1-32(2,29)26-17-7-8-27-18(17)11-30-14-5-3-12(4-6-14)15-9-13(22)10-16(23)19(15)31-21(24,25)20(27)28/h9-10,12,14,17-18H,1,3-8,11H2,2H3,(H,26,29)/t12?,14?,17-,18?,32?/m0/s1. The van der Waals surface area contributed by atoms with Crippen LogP contribution in [0.15, 0.2) is 12.1 Å². The fourth-order valence-electron chi connectivity index (χ4n) is 4.87. The molecule has 0 spiro atoms. The van der Waals surface area contributed by atoms with Gasteiger partial charge >= 0.3 is 12.0 Å². The van der Waals surface area contributed by atoms with Crippen LogP contribution in [0.5, 0.6) is 5.75 Å². The molecule has 2 bridgehead atoms. The van der Waals surface area contributed by atoms with Crippen molar-refractivity contribution >= 4 is 21.5 Å². The summed E-state index contributed by atoms with van der Waals surface area (Å²) < 4.78 is 84.1. The predicted octanol–water partition coefficient (Wildman–Crippen LogP) is 2.81. The molecule has 1 amide bonds. The second kappa shape index (κ2) is 8.49. The molecule has 0 radical (unpaired) electrons. The lowest BCUT2D eigenvalue weighted by Gasteiger charge is -2.32. The van der Waals surface area contributed by atoms with E-state index >= 15 is 0 Å². The first-order valence-corrected chi connectivity index (χ1v) is 12.7. The third-order valence-corrected chi connectivity index (χ3v) is 7.14. The van der Waals surface area contributed by atoms with Crippen molar-refractivity contribution in [3.8, 4) is 5.75 Å². The molecular weight excluding hydrogens is 452 g/mol. The third kappa shape index (κ3) is 4.74. The highest BCUT2D eigenvalue weighted by Crippen LogP contribution is 2.42. The smallest absolute Gasteiger partial charge is 0.422 e. The molecule has 3 atom stereocenters. The summed E-state index contributed by atoms with van der Waals surface area (Å²) in [4.78, 5) is 13.7. The number of carbonyl (C=O) groups is 1. The van der Waals surface area contributed by atoms with Crippen LogP contribution >= 0.6 is 0 Å². The van der Waals surface area contributed by atoms with Gasteiger partial charge in [-0.2, -0.15) is 8.78 Å². The van der Waals surface area contributed by atoms with E-state index in [0.717, 1.165) is 11.0 Å². The maximum absolute atomic E-state index is 15.0. The summed E-state index contributed by atoms with van der Waals surface area (Å²) in [5, 5.41) is 0. The van der Waals surface area contributed by atoms with E-state index in [4.69, 9.17) is 9.47 Å². The largest absolute Gasteiger partial charge is 0.482 e. The molecular formula is C21H26F4N2O4S. The lowest BCUT2D eigenvalue weighted by Crippen LogP contribution is -2.54. The van der Waals surface area contributed by atoms with Crippen molar-refractivity contribution in [3.63, 3.8) is 0 Å². The van der Waals surface area contributed by atoms with Crippen molar-refractivity contribution in [1.29, 1.82) is 0 Å². The fraction of sp³-hybridized carbons (Fsp3) is 0.619. The summed E-state index contributed by atoms with van der Waals surface area (Å²) in [6, 6.07) is 0.0754. The summed E-state index contributed by atoms with van der Waals surface area (Å²) in [5.74, 6) is -1.48. The van der Waals surface area contributed by atoms with E-state index in [-0.39, 0.29) is 31.2 Å². The van der Waals surface area contributed by atoms with E-state index in [9.17, 15) is 26.6 Å². The molecule has 11 heteroatoms. The molecule has 1 aromatic carbocycles. The maximum atomic E-state index is 15.0. The SMILES string of the molecule is C=S(C)(=O)N[C@H]1CCN2C(=O)C(F)(F)Oc3c(F)cc(F)cc3C3CCC(CC3)OCC12. The van der Waals surface area contributed by atoms with Gasteiger partial charge in [0.1, 0.15) is 5.82 Å². The van der Waals surface area contributed by atoms with Crippen LogP contribution in [0.2, 0.25) is 0 Å². The number of fused-ring (bicyclic) bond motifs is 5. The zero-order chi connectivity index (χ0) is 23.3. The molecule has 1 saturated carbocycles. The number of nitrogens with one attached hydrogen (secondary N) is 1. The van der Waals surface area contributed by atoms with Crippen molar-refractivity contribution in [2.75, 3.05) is 19.4 Å². The van der Waals surface area contributed by atoms with Gasteiger partial charge in [0.2, 0.25) is 0 Å². The Bertz CT molecular complexity index is 996. The molecule has 6 nitrogen and oxygen atoms in total. The molecule has 2 unspecified atom stereocenters. The van der Waals surface area contributed by atoms with Gasteiger partial charge in [-0.25, -0.2) is 13.5 Å². The summed E-state index contributed by atoms with van der Waals surface area (Å²) in [6.07, 6.45) is -0.838. The molecule has 1 saturated heterocycles. The Morgan fingerprint density at radius 3 is 2.53 bits per heavy atom. The second-order valence-corrected chi connectivity index (χ2v) is 11.1. The van der Waals surface area contributed by atoms with Gasteiger partial charge in [0, 0.05) is 40.2 Å². The van der Waals surface area contributed by atoms with Gasteiger partial charge in [-0.05, 0) is 50.0 Å². The Morgan fingerprint density at radius 1 is 1.19 bits per heavy atom. The van der Waals surface area contributed by atoms with Crippen LogP contribution in [-0.2, 0) is 19.2 Å². The van der Waals surface area contributed by atoms with Crippen LogP contribution in [0.3, 0.4) is 0 Å². The number of hydrogen-bond acceptors (Lipinski definition) is 4. The minimum Gasteiger partial charge on any atom is -0.422 e. The highest BCUT2D eigenvalue weighted by molar-refractivity contribution is 7.97. The van der Waals surface area contributed by atoms with Crippen molar-refractivity contribution in [2.24, 2.45) is 0 Å². The van der Waals surface area contributed by atoms with Crippen LogP contribution < -0.4 is 9.46 Å². The van der Waals surface area contributed by atoms with Crippen LogP contribution in [0.4, 0.5) is 17.6 Å². The lowest BCUT2D eigenvalue weighted by molar-refractivity contribution is -0.206. The fourth-order valence-corrected chi connectivity index (χ4v) is 5.79. The molecule has 3 aliphatic heterocycles. The number of ether oxygens (including phenoxy) is 2. The zero-order valence-corrected chi connectivity index (χ0v) is 18.4. The Balaban J connectivity index is 1.73. The number of carbonyl (C=O) groups excluding carboxylic acids is 1. The quantitative estimate of drug-likeness (QED) is 0.525. The number of rotatable bonds is 2. The molecule has 1 aliphatic carbocycles. The Kier molecular flexibility index (Phi) is 6.19. The molecule has 2 fully saturated rings. The molecule has 3 heterocycles. The monoisotopic (exact) mass is 478 g/mol. The molecule has 1 aromatic rings. The molecule has 0 aromatic heterocycles. The normalized spacial score (nSPS) is 32.0.